The van der Waals surface area contributed by atoms with Gasteiger partial charge in [0.15, 0.2) is 0 Å². The maximum Gasteiger partial charge on any atom is 0.241 e. The monoisotopic (exact) mass is 284 g/mol. The van der Waals surface area contributed by atoms with Crippen molar-refractivity contribution < 1.29 is 4.79 Å². The minimum Gasteiger partial charge on any atom is -0.376 e. The number of benzene rings is 2. The zero-order chi connectivity index (χ0) is 15.1. The van der Waals surface area contributed by atoms with Crippen LogP contribution in [-0.4, -0.2) is 30.4 Å². The fraction of sp³-hybridized carbons (Fsp3) is 0.389. The van der Waals surface area contributed by atoms with Crippen molar-refractivity contribution in [2.24, 2.45) is 0 Å². The Morgan fingerprint density at radius 3 is 2.33 bits per heavy atom. The second-order valence-electron chi connectivity index (χ2n) is 5.30. The molecule has 0 radical (unpaired) electrons. The molecule has 0 saturated carbocycles. The highest BCUT2D eigenvalue weighted by atomic mass is 16.2. The summed E-state index contributed by atoms with van der Waals surface area (Å²) >= 11 is 0. The van der Waals surface area contributed by atoms with Crippen molar-refractivity contribution in [3.63, 3.8) is 0 Å². The molecule has 0 bridgehead atoms. The predicted molar refractivity (Wildman–Crippen MR) is 89.6 cm³/mol. The molecule has 2 aromatic rings. The van der Waals surface area contributed by atoms with Crippen molar-refractivity contribution in [3.8, 4) is 0 Å². The standard InChI is InChI=1S/C18H24N2O/c1-3-11-20(12-4-2)18(21)14-19-17-10-9-15-7-5-6-8-16(15)13-17/h5-10,13,19H,3-4,11-12,14H2,1-2H3. The fourth-order valence-electron chi connectivity index (χ4n) is 2.49. The molecule has 0 aromatic heterocycles. The molecule has 0 atom stereocenters. The molecule has 2 aromatic carbocycles. The number of anilines is 1. The van der Waals surface area contributed by atoms with Crippen LogP contribution in [-0.2, 0) is 4.79 Å². The van der Waals surface area contributed by atoms with Crippen molar-refractivity contribution in [3.05, 3.63) is 42.5 Å². The van der Waals surface area contributed by atoms with Gasteiger partial charge in [-0.05, 0) is 35.7 Å². The molecule has 3 nitrogen and oxygen atoms in total. The second-order valence-corrected chi connectivity index (χ2v) is 5.30. The number of hydrogen-bond acceptors (Lipinski definition) is 2. The number of rotatable bonds is 7. The SMILES string of the molecule is CCCN(CCC)C(=O)CNc1ccc2ccccc2c1. The molecule has 3 heteroatoms. The number of carbonyl (C=O) groups excluding carboxylic acids is 1. The van der Waals surface area contributed by atoms with Gasteiger partial charge in [0.2, 0.25) is 5.91 Å². The summed E-state index contributed by atoms with van der Waals surface area (Å²) < 4.78 is 0. The Kier molecular flexibility index (Phi) is 5.61. The van der Waals surface area contributed by atoms with E-state index in [0.29, 0.717) is 6.54 Å². The van der Waals surface area contributed by atoms with E-state index in [2.05, 4.69) is 43.4 Å². The highest BCUT2D eigenvalue weighted by molar-refractivity contribution is 5.87. The number of nitrogens with zero attached hydrogens (tertiary/aromatic N) is 1. The number of amides is 1. The summed E-state index contributed by atoms with van der Waals surface area (Å²) in [5.41, 5.74) is 0.995. The van der Waals surface area contributed by atoms with Crippen molar-refractivity contribution in [2.75, 3.05) is 25.0 Å². The molecular formula is C18H24N2O. The molecule has 0 unspecified atom stereocenters. The largest absolute Gasteiger partial charge is 0.376 e. The lowest BCUT2D eigenvalue weighted by Gasteiger charge is -2.22. The third-order valence-electron chi connectivity index (χ3n) is 3.53. The summed E-state index contributed by atoms with van der Waals surface area (Å²) in [6.07, 6.45) is 2.00. The number of carbonyl (C=O) groups is 1. The van der Waals surface area contributed by atoms with E-state index in [4.69, 9.17) is 0 Å². The van der Waals surface area contributed by atoms with Crippen LogP contribution < -0.4 is 5.32 Å². The fourth-order valence-corrected chi connectivity index (χ4v) is 2.49. The predicted octanol–water partition coefficient (Wildman–Crippen LogP) is 3.90. The molecule has 112 valence electrons. The molecule has 0 aliphatic rings. The summed E-state index contributed by atoms with van der Waals surface area (Å²) in [5.74, 6) is 0.173. The maximum atomic E-state index is 12.2. The summed E-state index contributed by atoms with van der Waals surface area (Å²) in [6.45, 7) is 6.25. The van der Waals surface area contributed by atoms with E-state index in [0.717, 1.165) is 31.6 Å². The number of hydrogen-bond donors (Lipinski definition) is 1. The van der Waals surface area contributed by atoms with Gasteiger partial charge in [0.25, 0.3) is 0 Å². The van der Waals surface area contributed by atoms with E-state index in [1.54, 1.807) is 0 Å². The van der Waals surface area contributed by atoms with Gasteiger partial charge in [0.05, 0.1) is 6.54 Å². The van der Waals surface area contributed by atoms with Gasteiger partial charge in [-0.3, -0.25) is 4.79 Å². The molecule has 0 aliphatic heterocycles. The Bertz CT molecular complexity index is 589. The van der Waals surface area contributed by atoms with E-state index < -0.39 is 0 Å². The molecule has 21 heavy (non-hydrogen) atoms. The van der Waals surface area contributed by atoms with Gasteiger partial charge < -0.3 is 10.2 Å². The summed E-state index contributed by atoms with van der Waals surface area (Å²) in [4.78, 5) is 14.2. The zero-order valence-corrected chi connectivity index (χ0v) is 12.9. The zero-order valence-electron chi connectivity index (χ0n) is 12.9. The highest BCUT2D eigenvalue weighted by Gasteiger charge is 2.11. The van der Waals surface area contributed by atoms with Crippen molar-refractivity contribution in [1.82, 2.24) is 4.90 Å². The van der Waals surface area contributed by atoms with Gasteiger partial charge in [-0.15, -0.1) is 0 Å². The Balaban J connectivity index is 1.98. The van der Waals surface area contributed by atoms with Gasteiger partial charge in [0, 0.05) is 18.8 Å². The van der Waals surface area contributed by atoms with E-state index in [9.17, 15) is 4.79 Å². The third kappa shape index (κ3) is 4.22. The van der Waals surface area contributed by atoms with Crippen LogP contribution in [0.2, 0.25) is 0 Å². The third-order valence-corrected chi connectivity index (χ3v) is 3.53. The van der Waals surface area contributed by atoms with Crippen LogP contribution >= 0.6 is 0 Å². The molecule has 0 saturated heterocycles. The average Bonchev–Trinajstić information content (AvgIpc) is 2.52. The van der Waals surface area contributed by atoms with Crippen molar-refractivity contribution in [2.45, 2.75) is 26.7 Å². The normalized spacial score (nSPS) is 10.6. The minimum atomic E-state index is 0.173. The Labute approximate surface area is 127 Å². The average molecular weight is 284 g/mol. The van der Waals surface area contributed by atoms with Crippen LogP contribution in [0.25, 0.3) is 10.8 Å². The molecule has 0 fully saturated rings. The van der Waals surface area contributed by atoms with E-state index in [1.807, 2.05) is 23.1 Å². The summed E-state index contributed by atoms with van der Waals surface area (Å²) in [7, 11) is 0. The summed E-state index contributed by atoms with van der Waals surface area (Å²) in [6, 6.07) is 14.4. The van der Waals surface area contributed by atoms with Crippen LogP contribution in [0, 0.1) is 0 Å². The quantitative estimate of drug-likeness (QED) is 0.836. The van der Waals surface area contributed by atoms with Gasteiger partial charge in [0.1, 0.15) is 0 Å². The first-order valence-corrected chi connectivity index (χ1v) is 7.75. The van der Waals surface area contributed by atoms with E-state index >= 15 is 0 Å². The molecule has 2 rings (SSSR count). The minimum absolute atomic E-state index is 0.173. The first-order chi connectivity index (χ1) is 10.2. The Morgan fingerprint density at radius 1 is 1.00 bits per heavy atom. The molecule has 0 spiro atoms. The lowest BCUT2D eigenvalue weighted by molar-refractivity contribution is -0.129. The van der Waals surface area contributed by atoms with Crippen LogP contribution in [0.5, 0.6) is 0 Å². The van der Waals surface area contributed by atoms with Crippen molar-refractivity contribution in [1.29, 1.82) is 0 Å². The van der Waals surface area contributed by atoms with E-state index in [1.165, 1.54) is 10.8 Å². The molecular weight excluding hydrogens is 260 g/mol. The van der Waals surface area contributed by atoms with E-state index in [-0.39, 0.29) is 5.91 Å². The highest BCUT2D eigenvalue weighted by Crippen LogP contribution is 2.18. The smallest absolute Gasteiger partial charge is 0.241 e. The van der Waals surface area contributed by atoms with Crippen molar-refractivity contribution >= 4 is 22.4 Å². The Hall–Kier alpha value is -2.03. The van der Waals surface area contributed by atoms with Crippen LogP contribution in [0.3, 0.4) is 0 Å². The van der Waals surface area contributed by atoms with Gasteiger partial charge in [-0.1, -0.05) is 44.2 Å². The second kappa shape index (κ2) is 7.67. The summed E-state index contributed by atoms with van der Waals surface area (Å²) in [5, 5.41) is 5.65. The maximum absolute atomic E-state index is 12.2. The number of nitrogens with one attached hydrogen (secondary N) is 1. The molecule has 1 N–H and O–H groups in total. The van der Waals surface area contributed by atoms with Gasteiger partial charge >= 0.3 is 0 Å². The topological polar surface area (TPSA) is 32.3 Å². The Morgan fingerprint density at radius 2 is 1.67 bits per heavy atom. The van der Waals surface area contributed by atoms with Crippen LogP contribution in [0.4, 0.5) is 5.69 Å². The van der Waals surface area contributed by atoms with Gasteiger partial charge in [-0.2, -0.15) is 0 Å². The van der Waals surface area contributed by atoms with Gasteiger partial charge in [-0.25, -0.2) is 0 Å². The van der Waals surface area contributed by atoms with Crippen LogP contribution in [0.1, 0.15) is 26.7 Å². The number of fused-ring (bicyclic) bond motifs is 1. The first kappa shape index (κ1) is 15.4. The van der Waals surface area contributed by atoms with Crippen LogP contribution in [0.15, 0.2) is 42.5 Å². The first-order valence-electron chi connectivity index (χ1n) is 7.75. The lowest BCUT2D eigenvalue weighted by Crippen LogP contribution is -2.36. The molecule has 0 heterocycles. The molecule has 0 aliphatic carbocycles. The lowest BCUT2D eigenvalue weighted by atomic mass is 10.1. The molecule has 1 amide bonds.